The van der Waals surface area contributed by atoms with E-state index in [1.54, 1.807) is 12.1 Å². The number of halogens is 3. The maximum atomic E-state index is 13.7. The lowest BCUT2D eigenvalue weighted by Crippen LogP contribution is -2.45. The zero-order valence-corrected chi connectivity index (χ0v) is 23.0. The van der Waals surface area contributed by atoms with Gasteiger partial charge in [-0.3, -0.25) is 14.4 Å². The average molecular weight is 553 g/mol. The van der Waals surface area contributed by atoms with E-state index in [1.807, 2.05) is 20.8 Å². The van der Waals surface area contributed by atoms with Gasteiger partial charge in [0.2, 0.25) is 0 Å². The second-order valence-corrected chi connectivity index (χ2v) is 11.9. The first-order valence-corrected chi connectivity index (χ1v) is 13.3. The summed E-state index contributed by atoms with van der Waals surface area (Å²) in [5, 5.41) is 13.4. The van der Waals surface area contributed by atoms with E-state index in [4.69, 9.17) is 34.8 Å². The molecule has 1 aliphatic rings. The van der Waals surface area contributed by atoms with Gasteiger partial charge in [-0.25, -0.2) is 0 Å². The number of Topliss-reactive ketones (excluding diaryl/α,β-unsaturated/α-hetero) is 2. The maximum Gasteiger partial charge on any atom is 0.251 e. The number of aromatic hydroxyl groups is 1. The van der Waals surface area contributed by atoms with E-state index in [0.717, 1.165) is 25.7 Å². The van der Waals surface area contributed by atoms with Gasteiger partial charge in [0, 0.05) is 33.4 Å². The fourth-order valence-corrected chi connectivity index (χ4v) is 5.56. The molecule has 1 amide bonds. The molecule has 8 heteroatoms. The van der Waals surface area contributed by atoms with E-state index in [-0.39, 0.29) is 46.7 Å². The highest BCUT2D eigenvalue weighted by molar-refractivity contribution is 6.35. The van der Waals surface area contributed by atoms with E-state index in [0.29, 0.717) is 15.6 Å². The molecule has 36 heavy (non-hydrogen) atoms. The number of phenolic OH excluding ortho intramolecular Hbond substituents is 1. The summed E-state index contributed by atoms with van der Waals surface area (Å²) in [5.41, 5.74) is 0.321. The monoisotopic (exact) mass is 551 g/mol. The molecule has 0 radical (unpaired) electrons. The standard InChI is InChI=1S/C28H32Cl3NO4/c1-28(2,3)26(35)21(17-6-4-5-7-17)15-25(34)23(11-16-8-9-24(33)22(31)10-16)32-27(36)18-12-19(29)14-20(30)13-18/h8-10,12-14,17,21,23,33H,4-7,11,15H2,1-3H3,(H,32,36)/t21-,23-/m0/s1. The SMILES string of the molecule is CC(C)(C)C(=O)[C@@H](CC(=O)[C@H](Cc1ccc(O)c(Cl)c1)NC(=O)c1cc(Cl)cc(Cl)c1)C1CCCC1. The molecule has 194 valence electrons. The number of ketones is 2. The first-order valence-electron chi connectivity index (χ1n) is 12.2. The second kappa shape index (κ2) is 12.0. The van der Waals surface area contributed by atoms with Crippen LogP contribution in [0.15, 0.2) is 36.4 Å². The highest BCUT2D eigenvalue weighted by Crippen LogP contribution is 2.38. The van der Waals surface area contributed by atoms with Crippen molar-refractivity contribution >= 4 is 52.3 Å². The van der Waals surface area contributed by atoms with Gasteiger partial charge in [0.25, 0.3) is 5.91 Å². The molecule has 0 saturated heterocycles. The molecule has 0 spiro atoms. The van der Waals surface area contributed by atoms with Gasteiger partial charge in [-0.15, -0.1) is 0 Å². The second-order valence-electron chi connectivity index (χ2n) is 10.6. The maximum absolute atomic E-state index is 13.7. The molecule has 2 atom stereocenters. The molecule has 5 nitrogen and oxygen atoms in total. The van der Waals surface area contributed by atoms with E-state index >= 15 is 0 Å². The Morgan fingerprint density at radius 1 is 1.00 bits per heavy atom. The number of amides is 1. The van der Waals surface area contributed by atoms with Crippen LogP contribution in [0.5, 0.6) is 5.75 Å². The Bertz CT molecular complexity index is 1120. The third kappa shape index (κ3) is 7.47. The third-order valence-corrected chi connectivity index (χ3v) is 7.48. The van der Waals surface area contributed by atoms with E-state index in [2.05, 4.69) is 5.32 Å². The number of hydrogen-bond acceptors (Lipinski definition) is 4. The van der Waals surface area contributed by atoms with Crippen LogP contribution in [0, 0.1) is 17.3 Å². The Labute approximate surface area is 227 Å². The molecule has 0 aromatic heterocycles. The van der Waals surface area contributed by atoms with E-state index < -0.39 is 23.3 Å². The Morgan fingerprint density at radius 3 is 2.17 bits per heavy atom. The highest BCUT2D eigenvalue weighted by atomic mass is 35.5. The van der Waals surface area contributed by atoms with Crippen LogP contribution < -0.4 is 5.32 Å². The van der Waals surface area contributed by atoms with Crippen molar-refractivity contribution in [3.05, 3.63) is 62.6 Å². The molecule has 2 N–H and O–H groups in total. The number of phenols is 1. The van der Waals surface area contributed by atoms with Crippen LogP contribution in [0.3, 0.4) is 0 Å². The van der Waals surface area contributed by atoms with Crippen LogP contribution in [-0.4, -0.2) is 28.6 Å². The number of benzene rings is 2. The number of carbonyl (C=O) groups is 3. The Morgan fingerprint density at radius 2 is 1.61 bits per heavy atom. The minimum Gasteiger partial charge on any atom is -0.506 e. The van der Waals surface area contributed by atoms with Crippen molar-refractivity contribution in [1.82, 2.24) is 5.32 Å². The summed E-state index contributed by atoms with van der Waals surface area (Å²) in [4.78, 5) is 40.1. The zero-order chi connectivity index (χ0) is 26.6. The fraction of sp³-hybridized carbons (Fsp3) is 0.464. The van der Waals surface area contributed by atoms with Gasteiger partial charge < -0.3 is 10.4 Å². The first kappa shape index (κ1) is 28.5. The summed E-state index contributed by atoms with van der Waals surface area (Å²) in [5.74, 6) is -0.965. The molecule has 1 fully saturated rings. The Balaban J connectivity index is 1.89. The molecule has 2 aromatic carbocycles. The largest absolute Gasteiger partial charge is 0.506 e. The van der Waals surface area contributed by atoms with Gasteiger partial charge in [0.1, 0.15) is 11.5 Å². The van der Waals surface area contributed by atoms with Crippen LogP contribution in [0.2, 0.25) is 15.1 Å². The van der Waals surface area contributed by atoms with Crippen LogP contribution in [0.4, 0.5) is 0 Å². The van der Waals surface area contributed by atoms with Crippen LogP contribution in [0.25, 0.3) is 0 Å². The van der Waals surface area contributed by atoms with Crippen molar-refractivity contribution in [3.63, 3.8) is 0 Å². The van der Waals surface area contributed by atoms with Gasteiger partial charge in [-0.2, -0.15) is 0 Å². The summed E-state index contributed by atoms with van der Waals surface area (Å²) >= 11 is 18.2. The van der Waals surface area contributed by atoms with E-state index in [9.17, 15) is 19.5 Å². The van der Waals surface area contributed by atoms with Gasteiger partial charge >= 0.3 is 0 Å². The van der Waals surface area contributed by atoms with Gasteiger partial charge in [0.05, 0.1) is 11.1 Å². The molecule has 1 saturated carbocycles. The normalized spacial score (nSPS) is 15.9. The highest BCUT2D eigenvalue weighted by Gasteiger charge is 2.39. The van der Waals surface area contributed by atoms with Crippen LogP contribution >= 0.6 is 34.8 Å². The lowest BCUT2D eigenvalue weighted by Gasteiger charge is -2.30. The van der Waals surface area contributed by atoms with Crippen molar-refractivity contribution < 1.29 is 19.5 Å². The van der Waals surface area contributed by atoms with Crippen LogP contribution in [0.1, 0.15) is 68.8 Å². The van der Waals surface area contributed by atoms with Gasteiger partial charge in [-0.1, -0.05) is 74.5 Å². The van der Waals surface area contributed by atoms with Gasteiger partial charge in [-0.05, 0) is 61.1 Å². The lowest BCUT2D eigenvalue weighted by atomic mass is 9.73. The predicted octanol–water partition coefficient (Wildman–Crippen LogP) is 7.07. The molecule has 3 rings (SSSR count). The van der Waals surface area contributed by atoms with Crippen molar-refractivity contribution in [2.45, 2.75) is 65.3 Å². The van der Waals surface area contributed by atoms with Crippen LogP contribution in [-0.2, 0) is 16.0 Å². The molecular formula is C28H32Cl3NO4. The topological polar surface area (TPSA) is 83.5 Å². The lowest BCUT2D eigenvalue weighted by molar-refractivity contribution is -0.136. The number of rotatable bonds is 9. The first-order chi connectivity index (χ1) is 16.8. The number of carbonyl (C=O) groups excluding carboxylic acids is 3. The minimum atomic E-state index is -0.910. The summed E-state index contributed by atoms with van der Waals surface area (Å²) in [6, 6.07) is 8.23. The fourth-order valence-electron chi connectivity index (χ4n) is 4.83. The summed E-state index contributed by atoms with van der Waals surface area (Å²) in [7, 11) is 0. The van der Waals surface area contributed by atoms with Crippen molar-refractivity contribution in [2.24, 2.45) is 17.3 Å². The summed E-state index contributed by atoms with van der Waals surface area (Å²) < 4.78 is 0. The minimum absolute atomic E-state index is 0.0494. The molecule has 0 aliphatic heterocycles. The summed E-state index contributed by atoms with van der Waals surface area (Å²) in [6.45, 7) is 5.63. The smallest absolute Gasteiger partial charge is 0.251 e. The molecule has 2 aromatic rings. The van der Waals surface area contributed by atoms with E-state index in [1.165, 1.54) is 24.3 Å². The van der Waals surface area contributed by atoms with Crippen molar-refractivity contribution in [3.8, 4) is 5.75 Å². The molecular weight excluding hydrogens is 521 g/mol. The number of hydrogen-bond donors (Lipinski definition) is 2. The summed E-state index contributed by atoms with van der Waals surface area (Å²) in [6.07, 6.45) is 4.15. The van der Waals surface area contributed by atoms with Crippen molar-refractivity contribution in [2.75, 3.05) is 0 Å². The Hall–Kier alpha value is -2.08. The Kier molecular flexibility index (Phi) is 9.48. The molecule has 1 aliphatic carbocycles. The quantitative estimate of drug-likeness (QED) is 0.348. The molecule has 0 heterocycles. The zero-order valence-electron chi connectivity index (χ0n) is 20.7. The number of nitrogens with one attached hydrogen (secondary N) is 1. The van der Waals surface area contributed by atoms with Gasteiger partial charge in [0.15, 0.2) is 5.78 Å². The third-order valence-electron chi connectivity index (χ3n) is 6.74. The average Bonchev–Trinajstić information content (AvgIpc) is 3.32. The molecule has 0 unspecified atom stereocenters. The van der Waals surface area contributed by atoms with Crippen molar-refractivity contribution in [1.29, 1.82) is 0 Å². The predicted molar refractivity (Wildman–Crippen MR) is 144 cm³/mol. The molecule has 0 bridgehead atoms.